The summed E-state index contributed by atoms with van der Waals surface area (Å²) in [7, 11) is -3.13. The lowest BCUT2D eigenvalue weighted by atomic mass is 10.0. The average molecular weight is 304 g/mol. The van der Waals surface area contributed by atoms with Crippen LogP contribution >= 0.6 is 11.6 Å². The number of sulfone groups is 1. The first kappa shape index (κ1) is 16.3. The molecule has 0 bridgehead atoms. The van der Waals surface area contributed by atoms with E-state index in [1.54, 1.807) is 24.3 Å². The number of hydrogen-bond acceptors (Lipinski definition) is 3. The van der Waals surface area contributed by atoms with E-state index in [4.69, 9.17) is 11.6 Å². The topological polar surface area (TPSA) is 46.2 Å². The van der Waals surface area contributed by atoms with Gasteiger partial charge >= 0.3 is 0 Å². The number of anilines is 1. The molecule has 3 nitrogen and oxygen atoms in total. The summed E-state index contributed by atoms with van der Waals surface area (Å²) in [5, 5.41) is 3.35. The molecule has 0 saturated heterocycles. The van der Waals surface area contributed by atoms with Gasteiger partial charge in [-0.1, -0.05) is 6.92 Å². The van der Waals surface area contributed by atoms with Crippen LogP contribution in [0, 0.1) is 0 Å². The molecule has 0 aliphatic carbocycles. The fourth-order valence-electron chi connectivity index (χ4n) is 1.82. The zero-order chi connectivity index (χ0) is 14.5. The van der Waals surface area contributed by atoms with E-state index in [2.05, 4.69) is 19.2 Å². The number of halogens is 1. The Morgan fingerprint density at radius 2 is 1.79 bits per heavy atom. The molecule has 0 heterocycles. The minimum Gasteiger partial charge on any atom is -0.380 e. The molecule has 19 heavy (non-hydrogen) atoms. The van der Waals surface area contributed by atoms with Gasteiger partial charge in [-0.05, 0) is 51.0 Å². The van der Waals surface area contributed by atoms with Gasteiger partial charge in [0.05, 0.1) is 10.6 Å². The lowest BCUT2D eigenvalue weighted by Gasteiger charge is -2.26. The van der Waals surface area contributed by atoms with Crippen LogP contribution in [0.2, 0.25) is 0 Å². The molecule has 0 atom stereocenters. The average Bonchev–Trinajstić information content (AvgIpc) is 2.28. The van der Waals surface area contributed by atoms with Gasteiger partial charge in [0.2, 0.25) is 0 Å². The lowest BCUT2D eigenvalue weighted by molar-refractivity contribution is 0.550. The fourth-order valence-corrected chi connectivity index (χ4v) is 3.62. The van der Waals surface area contributed by atoms with Gasteiger partial charge in [0, 0.05) is 17.1 Å². The molecule has 1 N–H and O–H groups in total. The Bertz CT molecular complexity index is 495. The lowest BCUT2D eigenvalue weighted by Crippen LogP contribution is -2.31. The molecule has 108 valence electrons. The number of alkyl halides is 1. The highest BCUT2D eigenvalue weighted by Crippen LogP contribution is 2.21. The molecule has 0 aromatic heterocycles. The quantitative estimate of drug-likeness (QED) is 0.781. The predicted octanol–water partition coefficient (Wildman–Crippen LogP) is 3.69. The van der Waals surface area contributed by atoms with Crippen molar-refractivity contribution in [1.29, 1.82) is 0 Å². The van der Waals surface area contributed by atoms with E-state index in [1.165, 1.54) is 0 Å². The van der Waals surface area contributed by atoms with Crippen molar-refractivity contribution >= 4 is 27.1 Å². The first-order chi connectivity index (χ1) is 8.80. The molecule has 1 aromatic carbocycles. The Morgan fingerprint density at radius 1 is 1.21 bits per heavy atom. The molecular formula is C14H22ClNO2S. The van der Waals surface area contributed by atoms with Crippen LogP contribution in [0.1, 0.15) is 33.6 Å². The summed E-state index contributed by atoms with van der Waals surface area (Å²) in [6, 6.07) is 6.92. The van der Waals surface area contributed by atoms with E-state index in [0.29, 0.717) is 17.2 Å². The molecule has 0 radical (unpaired) electrons. The highest BCUT2D eigenvalue weighted by atomic mass is 35.5. The third-order valence-electron chi connectivity index (χ3n) is 2.89. The third-order valence-corrected chi connectivity index (χ3v) is 5.01. The van der Waals surface area contributed by atoms with Crippen LogP contribution < -0.4 is 5.32 Å². The second kappa shape index (κ2) is 6.62. The maximum atomic E-state index is 11.9. The van der Waals surface area contributed by atoms with Crippen LogP contribution in [-0.4, -0.2) is 25.6 Å². The van der Waals surface area contributed by atoms with Gasteiger partial charge in [-0.25, -0.2) is 8.42 Å². The standard InChI is InChI=1S/C14H22ClNO2S/c1-4-11-19(17,18)13-7-5-12(6-8-13)16-14(2,3)9-10-15/h5-8,16H,4,9-11H2,1-3H3. The summed E-state index contributed by atoms with van der Waals surface area (Å²) in [5.74, 6) is 0.778. The van der Waals surface area contributed by atoms with Crippen molar-refractivity contribution < 1.29 is 8.42 Å². The van der Waals surface area contributed by atoms with Crippen molar-refractivity contribution in [2.45, 2.75) is 44.0 Å². The predicted molar refractivity (Wildman–Crippen MR) is 81.8 cm³/mol. The van der Waals surface area contributed by atoms with Crippen LogP contribution in [0.4, 0.5) is 5.69 Å². The van der Waals surface area contributed by atoms with E-state index in [1.807, 2.05) is 6.92 Å². The van der Waals surface area contributed by atoms with Crippen LogP contribution in [0.3, 0.4) is 0 Å². The number of hydrogen-bond donors (Lipinski definition) is 1. The summed E-state index contributed by atoms with van der Waals surface area (Å²) < 4.78 is 23.8. The Labute approximate surface area is 121 Å². The first-order valence-electron chi connectivity index (χ1n) is 6.48. The molecule has 0 fully saturated rings. The van der Waals surface area contributed by atoms with Crippen molar-refractivity contribution in [1.82, 2.24) is 0 Å². The highest BCUT2D eigenvalue weighted by Gasteiger charge is 2.17. The normalized spacial score (nSPS) is 12.4. The molecule has 1 aromatic rings. The molecule has 5 heteroatoms. The van der Waals surface area contributed by atoms with Gasteiger partial charge in [-0.2, -0.15) is 0 Å². The zero-order valence-electron chi connectivity index (χ0n) is 11.7. The second-order valence-corrected chi connectivity index (χ2v) is 7.78. The van der Waals surface area contributed by atoms with Gasteiger partial charge in [0.1, 0.15) is 0 Å². The Hall–Kier alpha value is -0.740. The third kappa shape index (κ3) is 5.03. The summed E-state index contributed by atoms with van der Waals surface area (Å²) in [6.07, 6.45) is 1.47. The van der Waals surface area contributed by atoms with Crippen molar-refractivity contribution in [3.63, 3.8) is 0 Å². The van der Waals surface area contributed by atoms with Gasteiger partial charge in [0.15, 0.2) is 9.84 Å². The van der Waals surface area contributed by atoms with E-state index in [9.17, 15) is 8.42 Å². The monoisotopic (exact) mass is 303 g/mol. The smallest absolute Gasteiger partial charge is 0.178 e. The minimum atomic E-state index is -3.13. The van der Waals surface area contributed by atoms with Crippen molar-refractivity contribution in [3.8, 4) is 0 Å². The Balaban J connectivity index is 2.83. The van der Waals surface area contributed by atoms with E-state index in [0.717, 1.165) is 12.1 Å². The van der Waals surface area contributed by atoms with Gasteiger partial charge < -0.3 is 5.32 Å². The fraction of sp³-hybridized carbons (Fsp3) is 0.571. The van der Waals surface area contributed by atoms with E-state index < -0.39 is 9.84 Å². The van der Waals surface area contributed by atoms with Gasteiger partial charge in [-0.15, -0.1) is 11.6 Å². The van der Waals surface area contributed by atoms with Gasteiger partial charge in [0.25, 0.3) is 0 Å². The van der Waals surface area contributed by atoms with Crippen LogP contribution in [0.15, 0.2) is 29.2 Å². The van der Waals surface area contributed by atoms with E-state index >= 15 is 0 Å². The van der Waals surface area contributed by atoms with Crippen molar-refractivity contribution in [2.24, 2.45) is 0 Å². The zero-order valence-corrected chi connectivity index (χ0v) is 13.3. The number of nitrogens with one attached hydrogen (secondary N) is 1. The summed E-state index contributed by atoms with van der Waals surface area (Å²) >= 11 is 5.75. The summed E-state index contributed by atoms with van der Waals surface area (Å²) in [5.41, 5.74) is 0.802. The minimum absolute atomic E-state index is 0.106. The molecule has 0 amide bonds. The molecule has 0 unspecified atom stereocenters. The molecule has 1 rings (SSSR count). The summed E-state index contributed by atoms with van der Waals surface area (Å²) in [6.45, 7) is 6.00. The Kier molecular flexibility index (Phi) is 5.68. The van der Waals surface area contributed by atoms with E-state index in [-0.39, 0.29) is 11.3 Å². The number of benzene rings is 1. The largest absolute Gasteiger partial charge is 0.380 e. The van der Waals surface area contributed by atoms with Crippen LogP contribution in [-0.2, 0) is 9.84 Å². The maximum Gasteiger partial charge on any atom is 0.178 e. The van der Waals surface area contributed by atoms with Crippen molar-refractivity contribution in [3.05, 3.63) is 24.3 Å². The van der Waals surface area contributed by atoms with Crippen LogP contribution in [0.25, 0.3) is 0 Å². The summed E-state index contributed by atoms with van der Waals surface area (Å²) in [4.78, 5) is 0.384. The molecular weight excluding hydrogens is 282 g/mol. The second-order valence-electron chi connectivity index (χ2n) is 5.29. The Morgan fingerprint density at radius 3 is 2.26 bits per heavy atom. The van der Waals surface area contributed by atoms with Crippen LogP contribution in [0.5, 0.6) is 0 Å². The molecule has 0 aliphatic rings. The first-order valence-corrected chi connectivity index (χ1v) is 8.66. The SMILES string of the molecule is CCCS(=O)(=O)c1ccc(NC(C)(C)CCCl)cc1. The molecule has 0 aliphatic heterocycles. The van der Waals surface area contributed by atoms with Crippen molar-refractivity contribution in [2.75, 3.05) is 16.9 Å². The van der Waals surface area contributed by atoms with Gasteiger partial charge in [-0.3, -0.25) is 0 Å². The molecule has 0 saturated carbocycles. The number of rotatable bonds is 7. The highest BCUT2D eigenvalue weighted by molar-refractivity contribution is 7.91. The molecule has 0 spiro atoms. The maximum absolute atomic E-state index is 11.9.